The highest BCUT2D eigenvalue weighted by Crippen LogP contribution is 2.07. The Labute approximate surface area is 106 Å². The number of carbonyl (C=O) groups is 1. The van der Waals surface area contributed by atoms with Crippen molar-refractivity contribution in [1.82, 2.24) is 9.62 Å². The SMILES string of the molecule is CN=C(C)N(C)C(=O)NS(=O)(=O)c1ccccc1. The van der Waals surface area contributed by atoms with E-state index in [4.69, 9.17) is 0 Å². The van der Waals surface area contributed by atoms with Gasteiger partial charge in [-0.1, -0.05) is 18.2 Å². The van der Waals surface area contributed by atoms with Gasteiger partial charge < -0.3 is 0 Å². The Balaban J connectivity index is 2.89. The summed E-state index contributed by atoms with van der Waals surface area (Å²) in [5, 5.41) is 0. The van der Waals surface area contributed by atoms with Gasteiger partial charge in [0.15, 0.2) is 0 Å². The van der Waals surface area contributed by atoms with Crippen LogP contribution < -0.4 is 4.72 Å². The van der Waals surface area contributed by atoms with Gasteiger partial charge in [-0.15, -0.1) is 0 Å². The van der Waals surface area contributed by atoms with Crippen molar-refractivity contribution in [3.8, 4) is 0 Å². The second-order valence-electron chi connectivity index (χ2n) is 3.55. The number of amides is 2. The highest BCUT2D eigenvalue weighted by atomic mass is 32.2. The van der Waals surface area contributed by atoms with Crippen molar-refractivity contribution in [2.45, 2.75) is 11.8 Å². The van der Waals surface area contributed by atoms with E-state index in [2.05, 4.69) is 4.99 Å². The van der Waals surface area contributed by atoms with Gasteiger partial charge in [0.1, 0.15) is 5.84 Å². The second kappa shape index (κ2) is 5.63. The smallest absolute Gasteiger partial charge is 0.285 e. The van der Waals surface area contributed by atoms with Crippen LogP contribution >= 0.6 is 0 Å². The van der Waals surface area contributed by atoms with Gasteiger partial charge >= 0.3 is 6.03 Å². The highest BCUT2D eigenvalue weighted by molar-refractivity contribution is 7.90. The van der Waals surface area contributed by atoms with E-state index >= 15 is 0 Å². The topological polar surface area (TPSA) is 78.8 Å². The summed E-state index contributed by atoms with van der Waals surface area (Å²) < 4.78 is 25.7. The molecule has 0 fully saturated rings. The molecule has 0 unspecified atom stereocenters. The predicted molar refractivity (Wildman–Crippen MR) is 69.0 cm³/mol. The molecule has 18 heavy (non-hydrogen) atoms. The minimum Gasteiger partial charge on any atom is -0.285 e. The molecule has 1 rings (SSSR count). The fourth-order valence-corrected chi connectivity index (χ4v) is 2.14. The molecule has 0 bridgehead atoms. The van der Waals surface area contributed by atoms with Crippen LogP contribution in [0.4, 0.5) is 4.79 Å². The van der Waals surface area contributed by atoms with Crippen LogP contribution in [0, 0.1) is 0 Å². The number of hydrogen-bond donors (Lipinski definition) is 1. The van der Waals surface area contributed by atoms with Crippen molar-refractivity contribution in [3.63, 3.8) is 0 Å². The van der Waals surface area contributed by atoms with E-state index in [1.807, 2.05) is 4.72 Å². The Kier molecular flexibility index (Phi) is 4.43. The van der Waals surface area contributed by atoms with Crippen molar-refractivity contribution in [3.05, 3.63) is 30.3 Å². The molecule has 0 heterocycles. The van der Waals surface area contributed by atoms with Gasteiger partial charge in [0.25, 0.3) is 10.0 Å². The van der Waals surface area contributed by atoms with Crippen molar-refractivity contribution in [2.75, 3.05) is 14.1 Å². The number of hydrogen-bond acceptors (Lipinski definition) is 4. The maximum absolute atomic E-state index is 11.9. The molecule has 2 amide bonds. The first-order valence-electron chi connectivity index (χ1n) is 5.17. The number of amidine groups is 1. The molecule has 0 aliphatic rings. The molecule has 98 valence electrons. The van der Waals surface area contributed by atoms with Crippen molar-refractivity contribution >= 4 is 21.9 Å². The van der Waals surface area contributed by atoms with Crippen LogP contribution in [0.3, 0.4) is 0 Å². The quantitative estimate of drug-likeness (QED) is 0.644. The summed E-state index contributed by atoms with van der Waals surface area (Å²) in [7, 11) is -0.881. The van der Waals surface area contributed by atoms with Gasteiger partial charge in [-0.2, -0.15) is 0 Å². The monoisotopic (exact) mass is 269 g/mol. The van der Waals surface area contributed by atoms with Crippen molar-refractivity contribution in [2.24, 2.45) is 4.99 Å². The second-order valence-corrected chi connectivity index (χ2v) is 5.24. The molecule has 0 atom stereocenters. The van der Waals surface area contributed by atoms with Gasteiger partial charge in [0.2, 0.25) is 0 Å². The van der Waals surface area contributed by atoms with Crippen LogP contribution in [0.25, 0.3) is 0 Å². The minimum atomic E-state index is -3.84. The molecular weight excluding hydrogens is 254 g/mol. The molecule has 0 saturated heterocycles. The van der Waals surface area contributed by atoms with Crippen molar-refractivity contribution in [1.29, 1.82) is 0 Å². The zero-order valence-electron chi connectivity index (χ0n) is 10.4. The molecule has 1 N–H and O–H groups in total. The number of nitrogens with zero attached hydrogens (tertiary/aromatic N) is 2. The zero-order valence-corrected chi connectivity index (χ0v) is 11.2. The van der Waals surface area contributed by atoms with Gasteiger partial charge in [0.05, 0.1) is 4.90 Å². The largest absolute Gasteiger partial charge is 0.336 e. The fraction of sp³-hybridized carbons (Fsp3) is 0.273. The minimum absolute atomic E-state index is 0.0397. The normalized spacial score (nSPS) is 12.1. The number of urea groups is 1. The molecule has 0 aromatic heterocycles. The van der Waals surface area contributed by atoms with Crippen LogP contribution in [-0.2, 0) is 10.0 Å². The van der Waals surface area contributed by atoms with E-state index < -0.39 is 16.1 Å². The Hall–Kier alpha value is -1.89. The summed E-state index contributed by atoms with van der Waals surface area (Å²) in [5.74, 6) is 0.413. The Bertz CT molecular complexity index is 552. The van der Waals surface area contributed by atoms with Crippen molar-refractivity contribution < 1.29 is 13.2 Å². The Morgan fingerprint density at radius 3 is 2.33 bits per heavy atom. The number of nitrogens with one attached hydrogen (secondary N) is 1. The van der Waals surface area contributed by atoms with Gasteiger partial charge in [-0.25, -0.2) is 17.9 Å². The van der Waals surface area contributed by atoms with Crippen LogP contribution in [0.1, 0.15) is 6.92 Å². The van der Waals surface area contributed by atoms with E-state index in [-0.39, 0.29) is 4.90 Å². The highest BCUT2D eigenvalue weighted by Gasteiger charge is 2.20. The number of rotatable bonds is 2. The zero-order chi connectivity index (χ0) is 13.8. The lowest BCUT2D eigenvalue weighted by Crippen LogP contribution is -2.42. The first-order valence-corrected chi connectivity index (χ1v) is 6.65. The summed E-state index contributed by atoms with van der Waals surface area (Å²) >= 11 is 0. The summed E-state index contributed by atoms with van der Waals surface area (Å²) in [5.41, 5.74) is 0. The van der Waals surface area contributed by atoms with E-state index in [0.29, 0.717) is 5.84 Å². The third-order valence-corrected chi connectivity index (χ3v) is 3.72. The predicted octanol–water partition coefficient (Wildman–Crippen LogP) is 1.06. The fourth-order valence-electron chi connectivity index (χ4n) is 1.14. The Morgan fingerprint density at radius 2 is 1.83 bits per heavy atom. The molecule has 0 aliphatic heterocycles. The van der Waals surface area contributed by atoms with Gasteiger partial charge in [-0.3, -0.25) is 9.89 Å². The molecule has 0 radical (unpaired) electrons. The maximum atomic E-state index is 11.9. The number of benzene rings is 1. The Morgan fingerprint density at radius 1 is 1.28 bits per heavy atom. The van der Waals surface area contributed by atoms with E-state index in [1.54, 1.807) is 25.1 Å². The molecule has 6 nitrogen and oxygen atoms in total. The van der Waals surface area contributed by atoms with Crippen LogP contribution in [-0.4, -0.2) is 39.3 Å². The molecule has 0 saturated carbocycles. The van der Waals surface area contributed by atoms with Crippen LogP contribution in [0.2, 0.25) is 0 Å². The molecule has 7 heteroatoms. The standard InChI is InChI=1S/C11H15N3O3S/c1-9(12-2)14(3)11(15)13-18(16,17)10-7-5-4-6-8-10/h4-8H,1-3H3,(H,13,15). The lowest BCUT2D eigenvalue weighted by atomic mass is 10.4. The third-order valence-electron chi connectivity index (χ3n) is 2.39. The molecule has 1 aromatic carbocycles. The van der Waals surface area contributed by atoms with E-state index in [0.717, 1.165) is 4.90 Å². The van der Waals surface area contributed by atoms with E-state index in [9.17, 15) is 13.2 Å². The van der Waals surface area contributed by atoms with Gasteiger partial charge in [-0.05, 0) is 19.1 Å². The number of aliphatic imine (C=N–C) groups is 1. The molecular formula is C11H15N3O3S. The van der Waals surface area contributed by atoms with Gasteiger partial charge in [0, 0.05) is 14.1 Å². The lowest BCUT2D eigenvalue weighted by Gasteiger charge is -2.17. The van der Waals surface area contributed by atoms with E-state index in [1.165, 1.54) is 26.2 Å². The third kappa shape index (κ3) is 3.30. The summed E-state index contributed by atoms with van der Waals surface area (Å²) in [6.07, 6.45) is 0. The molecule has 0 aliphatic carbocycles. The average Bonchev–Trinajstić information content (AvgIpc) is 2.37. The lowest BCUT2D eigenvalue weighted by molar-refractivity contribution is 0.232. The summed E-state index contributed by atoms with van der Waals surface area (Å²) in [6.45, 7) is 1.61. The first kappa shape index (κ1) is 14.2. The average molecular weight is 269 g/mol. The number of sulfonamides is 1. The maximum Gasteiger partial charge on any atom is 0.336 e. The summed E-state index contributed by atoms with van der Waals surface area (Å²) in [6, 6.07) is 6.94. The molecule has 1 aromatic rings. The van der Waals surface area contributed by atoms with Crippen LogP contribution in [0.15, 0.2) is 40.2 Å². The van der Waals surface area contributed by atoms with Crippen LogP contribution in [0.5, 0.6) is 0 Å². The number of carbonyl (C=O) groups excluding carboxylic acids is 1. The molecule has 0 spiro atoms. The summed E-state index contributed by atoms with van der Waals surface area (Å²) in [4.78, 5) is 16.7. The first-order chi connectivity index (χ1) is 8.38.